The fraction of sp³-hybridized carbons (Fsp3) is 0.556. The van der Waals surface area contributed by atoms with E-state index in [1.165, 1.54) is 17.0 Å². The van der Waals surface area contributed by atoms with Gasteiger partial charge in [0, 0.05) is 88.5 Å². The number of amides is 3. The molecule has 15 heteroatoms. The highest BCUT2D eigenvalue weighted by atomic mass is 32.2. The van der Waals surface area contributed by atoms with Crippen LogP contribution in [0.15, 0.2) is 35.1 Å². The summed E-state index contributed by atoms with van der Waals surface area (Å²) in [5, 5.41) is 2.70. The number of aromatic amines is 1. The average Bonchev–Trinajstić information content (AvgIpc) is 3.13. The third kappa shape index (κ3) is 8.82. The van der Waals surface area contributed by atoms with Gasteiger partial charge in [0.1, 0.15) is 28.6 Å². The fourth-order valence-electron chi connectivity index (χ4n) is 7.26. The zero-order valence-electron chi connectivity index (χ0n) is 28.7. The van der Waals surface area contributed by atoms with Crippen molar-refractivity contribution in [2.24, 2.45) is 5.92 Å². The first-order chi connectivity index (χ1) is 24.8. The predicted molar refractivity (Wildman–Crippen MR) is 193 cm³/mol. The van der Waals surface area contributed by atoms with Gasteiger partial charge < -0.3 is 24.3 Å². The maximum absolute atomic E-state index is 15.1. The summed E-state index contributed by atoms with van der Waals surface area (Å²) in [6, 6.07) is 7.26. The van der Waals surface area contributed by atoms with Crippen LogP contribution in [-0.4, -0.2) is 116 Å². The van der Waals surface area contributed by atoms with Crippen LogP contribution in [-0.2, 0) is 15.3 Å². The van der Waals surface area contributed by atoms with Crippen LogP contribution in [0.5, 0.6) is 5.75 Å². The number of nitrogens with zero attached hydrogens (tertiary/aromatic N) is 5. The van der Waals surface area contributed by atoms with Crippen molar-refractivity contribution >= 4 is 46.0 Å². The molecule has 0 unspecified atom stereocenters. The van der Waals surface area contributed by atoms with Crippen molar-refractivity contribution < 1.29 is 27.8 Å². The van der Waals surface area contributed by atoms with E-state index in [1.807, 2.05) is 4.90 Å². The quantitative estimate of drug-likeness (QED) is 0.300. The Hall–Kier alpha value is -3.79. The summed E-state index contributed by atoms with van der Waals surface area (Å²) in [7, 11) is 0. The molecule has 0 atom stereocenters. The Balaban J connectivity index is 0.832. The Morgan fingerprint density at radius 3 is 2.35 bits per heavy atom. The van der Waals surface area contributed by atoms with Crippen molar-refractivity contribution in [3.8, 4) is 5.75 Å². The molecule has 2 N–H and O–H groups in total. The van der Waals surface area contributed by atoms with Gasteiger partial charge in [0.2, 0.25) is 5.91 Å². The number of carbonyl (C=O) groups excluding carboxylic acids is 2. The standard InChI is InChI=1S/C36H45F2N7O5S/c37-28-19-25(45-10-5-33(46)41-36(45)48)1-2-31(28)44-15-13-43(14-16-44)12-11-42-8-3-24(4-9-42)22-50-26-20-29(38)34-30(21-26)39-32(40-35(34)47)23-51-27-6-17-49-18-7-27/h1-2,19-21,24,27H,3-18,22-23H2,(H,39,40,47)(H,41,46,48). The molecule has 5 heterocycles. The molecule has 0 aliphatic carbocycles. The molecule has 7 rings (SSSR count). The number of carbonyl (C=O) groups is 2. The Labute approximate surface area is 299 Å². The lowest BCUT2D eigenvalue weighted by atomic mass is 9.98. The number of imide groups is 1. The summed E-state index contributed by atoms with van der Waals surface area (Å²) >= 11 is 1.74. The van der Waals surface area contributed by atoms with E-state index in [0.717, 1.165) is 78.2 Å². The highest BCUT2D eigenvalue weighted by Crippen LogP contribution is 2.29. The van der Waals surface area contributed by atoms with Crippen molar-refractivity contribution in [1.29, 1.82) is 0 Å². The second-order valence-corrected chi connectivity index (χ2v) is 15.0. The number of likely N-dealkylation sites (tertiary alicyclic amines) is 1. The second-order valence-electron chi connectivity index (χ2n) is 13.7. The number of nitrogens with one attached hydrogen (secondary N) is 2. The minimum Gasteiger partial charge on any atom is -0.493 e. The highest BCUT2D eigenvalue weighted by Gasteiger charge is 2.27. The van der Waals surface area contributed by atoms with E-state index in [-0.39, 0.29) is 30.1 Å². The second kappa shape index (κ2) is 16.3. The van der Waals surface area contributed by atoms with Gasteiger partial charge in [-0.3, -0.25) is 24.7 Å². The Morgan fingerprint density at radius 2 is 1.63 bits per heavy atom. The smallest absolute Gasteiger partial charge is 0.328 e. The van der Waals surface area contributed by atoms with E-state index in [1.54, 1.807) is 30.0 Å². The number of H-pyrrole nitrogens is 1. The molecule has 4 fully saturated rings. The molecule has 0 radical (unpaired) electrons. The van der Waals surface area contributed by atoms with Gasteiger partial charge in [-0.05, 0) is 62.9 Å². The summed E-state index contributed by atoms with van der Waals surface area (Å²) in [5.41, 5.74) is 0.819. The number of rotatable bonds is 11. The van der Waals surface area contributed by atoms with Crippen LogP contribution in [0, 0.1) is 17.6 Å². The molecule has 3 aromatic rings. The van der Waals surface area contributed by atoms with Gasteiger partial charge in [0.25, 0.3) is 5.56 Å². The van der Waals surface area contributed by atoms with Crippen molar-refractivity contribution in [3.05, 3.63) is 58.1 Å². The first-order valence-electron chi connectivity index (χ1n) is 17.9. The molecular formula is C36H45F2N7O5S. The summed E-state index contributed by atoms with van der Waals surface area (Å²) in [5.74, 6) is 0.532. The number of fused-ring (bicyclic) bond motifs is 1. The fourth-order valence-corrected chi connectivity index (χ4v) is 8.31. The lowest BCUT2D eigenvalue weighted by Gasteiger charge is -2.38. The summed E-state index contributed by atoms with van der Waals surface area (Å²) in [4.78, 5) is 51.9. The molecule has 4 aliphatic rings. The number of halogens is 2. The van der Waals surface area contributed by atoms with Crippen LogP contribution in [0.4, 0.5) is 25.0 Å². The van der Waals surface area contributed by atoms with Crippen molar-refractivity contribution in [2.45, 2.75) is 43.1 Å². The number of piperazine rings is 1. The number of benzene rings is 2. The number of thioether (sulfide) groups is 1. The van der Waals surface area contributed by atoms with Crippen molar-refractivity contribution in [2.75, 3.05) is 88.5 Å². The third-order valence-electron chi connectivity index (χ3n) is 10.3. The Kier molecular flexibility index (Phi) is 11.4. The molecule has 4 aliphatic heterocycles. The molecule has 12 nitrogen and oxygen atoms in total. The number of hydrogen-bond acceptors (Lipinski definition) is 10. The van der Waals surface area contributed by atoms with Crippen LogP contribution < -0.4 is 25.4 Å². The highest BCUT2D eigenvalue weighted by molar-refractivity contribution is 7.99. The molecule has 274 valence electrons. The molecule has 2 aromatic carbocycles. The molecule has 0 saturated carbocycles. The number of ether oxygens (including phenoxy) is 2. The molecule has 4 saturated heterocycles. The summed E-state index contributed by atoms with van der Waals surface area (Å²) in [6.45, 7) is 9.15. The topological polar surface area (TPSA) is 123 Å². The third-order valence-corrected chi connectivity index (χ3v) is 11.7. The van der Waals surface area contributed by atoms with E-state index in [2.05, 4.69) is 25.1 Å². The van der Waals surface area contributed by atoms with Gasteiger partial charge in [0.15, 0.2) is 0 Å². The lowest BCUT2D eigenvalue weighted by molar-refractivity contribution is -0.120. The zero-order valence-corrected chi connectivity index (χ0v) is 29.5. The molecular weight excluding hydrogens is 681 g/mol. The van der Waals surface area contributed by atoms with Gasteiger partial charge in [-0.25, -0.2) is 18.6 Å². The van der Waals surface area contributed by atoms with Crippen molar-refractivity contribution in [1.82, 2.24) is 25.1 Å². The van der Waals surface area contributed by atoms with Gasteiger partial charge in [-0.15, -0.1) is 0 Å². The SMILES string of the molecule is O=C1CCN(c2ccc(N3CCN(CCN4CCC(COc5cc(F)c6c(=O)[nH]c(CSC7CCOCC7)nc6c5)CC4)CC3)c(F)c2)C(=O)N1. The van der Waals surface area contributed by atoms with E-state index in [0.29, 0.717) is 65.1 Å². The normalized spacial score (nSPS) is 20.3. The van der Waals surface area contributed by atoms with Gasteiger partial charge >= 0.3 is 6.03 Å². The molecule has 1 aromatic heterocycles. The van der Waals surface area contributed by atoms with Gasteiger partial charge in [-0.1, -0.05) is 0 Å². The lowest BCUT2D eigenvalue weighted by Crippen LogP contribution is -2.50. The van der Waals surface area contributed by atoms with Crippen molar-refractivity contribution in [3.63, 3.8) is 0 Å². The van der Waals surface area contributed by atoms with Crippen LogP contribution in [0.1, 0.15) is 37.9 Å². The monoisotopic (exact) mass is 725 g/mol. The number of piperidine rings is 1. The zero-order chi connectivity index (χ0) is 35.3. The van der Waals surface area contributed by atoms with Gasteiger partial charge in [0.05, 0.1) is 23.6 Å². The number of anilines is 2. The number of urea groups is 1. The average molecular weight is 726 g/mol. The van der Waals surface area contributed by atoms with Crippen LogP contribution in [0.3, 0.4) is 0 Å². The molecule has 3 amide bonds. The molecule has 0 bridgehead atoms. The Morgan fingerprint density at radius 1 is 0.882 bits per heavy atom. The van der Waals surface area contributed by atoms with Crippen LogP contribution in [0.25, 0.3) is 10.9 Å². The van der Waals surface area contributed by atoms with E-state index in [9.17, 15) is 18.8 Å². The molecule has 51 heavy (non-hydrogen) atoms. The maximum Gasteiger partial charge on any atom is 0.328 e. The maximum atomic E-state index is 15.1. The van der Waals surface area contributed by atoms with Crippen LogP contribution >= 0.6 is 11.8 Å². The minimum absolute atomic E-state index is 0.0388. The first-order valence-corrected chi connectivity index (χ1v) is 19.0. The van der Waals surface area contributed by atoms with E-state index < -0.39 is 17.4 Å². The predicted octanol–water partition coefficient (Wildman–Crippen LogP) is 3.97. The number of aromatic nitrogens is 2. The largest absolute Gasteiger partial charge is 0.493 e. The van der Waals surface area contributed by atoms with E-state index >= 15 is 4.39 Å². The van der Waals surface area contributed by atoms with Gasteiger partial charge in [-0.2, -0.15) is 11.8 Å². The van der Waals surface area contributed by atoms with E-state index in [4.69, 9.17) is 9.47 Å². The Bertz CT molecular complexity index is 1770. The summed E-state index contributed by atoms with van der Waals surface area (Å²) in [6.07, 6.45) is 4.12. The minimum atomic E-state index is -0.624. The van der Waals surface area contributed by atoms with Crippen LogP contribution in [0.2, 0.25) is 0 Å². The number of hydrogen-bond donors (Lipinski definition) is 2. The summed E-state index contributed by atoms with van der Waals surface area (Å²) < 4.78 is 41.6. The first kappa shape index (κ1) is 35.6. The molecule has 0 spiro atoms.